The number of amides is 2. The Labute approximate surface area is 127 Å². The average Bonchev–Trinajstić information content (AvgIpc) is 2.53. The fraction of sp³-hybridized carbons (Fsp3) is 0.0625. The molecule has 0 saturated carbocycles. The molecule has 6 heteroatoms. The second kappa shape index (κ2) is 7.58. The van der Waals surface area contributed by atoms with Crippen molar-refractivity contribution in [3.8, 4) is 0 Å². The normalized spacial score (nSPS) is 10.4. The third kappa shape index (κ3) is 4.75. The summed E-state index contributed by atoms with van der Waals surface area (Å²) >= 11 is 0. The van der Waals surface area contributed by atoms with Crippen molar-refractivity contribution in [1.82, 2.24) is 0 Å². The van der Waals surface area contributed by atoms with E-state index in [9.17, 15) is 9.59 Å². The number of hydrogen-bond acceptors (Lipinski definition) is 4. The number of carbonyl (C=O) groups excluding carboxylic acids is 2. The first-order valence-electron chi connectivity index (χ1n) is 6.55. The molecule has 0 saturated heterocycles. The topological polar surface area (TPSA) is 93.8 Å². The fourth-order valence-electron chi connectivity index (χ4n) is 1.65. The third-order valence-corrected chi connectivity index (χ3v) is 2.72. The molecule has 112 valence electrons. The first kappa shape index (κ1) is 15.2. The van der Waals surface area contributed by atoms with E-state index in [1.165, 1.54) is 18.3 Å². The average molecular weight is 297 g/mol. The highest BCUT2D eigenvalue weighted by Crippen LogP contribution is 2.08. The van der Waals surface area contributed by atoms with E-state index in [4.69, 9.17) is 10.6 Å². The maximum Gasteiger partial charge on any atom is 0.265 e. The molecule has 2 aromatic carbocycles. The van der Waals surface area contributed by atoms with Gasteiger partial charge in [-0.15, -0.1) is 0 Å². The molecular formula is C16H15N3O3. The van der Waals surface area contributed by atoms with Crippen molar-refractivity contribution in [1.29, 1.82) is 0 Å². The summed E-state index contributed by atoms with van der Waals surface area (Å²) < 4.78 is 0. The van der Waals surface area contributed by atoms with Gasteiger partial charge in [-0.1, -0.05) is 35.5 Å². The number of nitrogens with one attached hydrogen (secondary N) is 1. The molecule has 0 bridgehead atoms. The van der Waals surface area contributed by atoms with E-state index < -0.39 is 5.91 Å². The second-order valence-electron chi connectivity index (χ2n) is 4.41. The van der Waals surface area contributed by atoms with Gasteiger partial charge in [-0.05, 0) is 29.8 Å². The Hall–Kier alpha value is -3.15. The van der Waals surface area contributed by atoms with Crippen LogP contribution in [0.2, 0.25) is 0 Å². The van der Waals surface area contributed by atoms with Gasteiger partial charge in [0.2, 0.25) is 5.91 Å². The summed E-state index contributed by atoms with van der Waals surface area (Å²) in [4.78, 5) is 27.5. The van der Waals surface area contributed by atoms with Crippen LogP contribution < -0.4 is 11.1 Å². The zero-order valence-electron chi connectivity index (χ0n) is 11.7. The van der Waals surface area contributed by atoms with Crippen LogP contribution in [0.3, 0.4) is 0 Å². The highest BCUT2D eigenvalue weighted by Gasteiger charge is 2.04. The molecule has 2 amide bonds. The minimum Gasteiger partial charge on any atom is -0.386 e. The Kier molecular flexibility index (Phi) is 5.25. The van der Waals surface area contributed by atoms with E-state index in [0.717, 1.165) is 5.56 Å². The van der Waals surface area contributed by atoms with Crippen LogP contribution in [0, 0.1) is 0 Å². The van der Waals surface area contributed by atoms with Crippen molar-refractivity contribution >= 4 is 23.7 Å². The fourth-order valence-corrected chi connectivity index (χ4v) is 1.65. The van der Waals surface area contributed by atoms with Crippen molar-refractivity contribution in [2.45, 2.75) is 0 Å². The highest BCUT2D eigenvalue weighted by molar-refractivity contribution is 5.95. The van der Waals surface area contributed by atoms with Crippen LogP contribution in [0.4, 0.5) is 5.69 Å². The maximum atomic E-state index is 11.6. The van der Waals surface area contributed by atoms with Gasteiger partial charge in [0, 0.05) is 11.3 Å². The number of benzene rings is 2. The molecule has 0 unspecified atom stereocenters. The lowest BCUT2D eigenvalue weighted by Crippen LogP contribution is -2.17. The second-order valence-corrected chi connectivity index (χ2v) is 4.41. The number of anilines is 1. The monoisotopic (exact) mass is 297 g/mol. The molecule has 0 aromatic heterocycles. The largest absolute Gasteiger partial charge is 0.386 e. The Balaban J connectivity index is 1.78. The van der Waals surface area contributed by atoms with Gasteiger partial charge in [0.05, 0.1) is 6.21 Å². The van der Waals surface area contributed by atoms with E-state index in [-0.39, 0.29) is 12.5 Å². The van der Waals surface area contributed by atoms with Gasteiger partial charge in [-0.25, -0.2) is 0 Å². The highest BCUT2D eigenvalue weighted by atomic mass is 16.6. The zero-order valence-corrected chi connectivity index (χ0v) is 11.7. The summed E-state index contributed by atoms with van der Waals surface area (Å²) in [5, 5.41) is 6.33. The summed E-state index contributed by atoms with van der Waals surface area (Å²) in [7, 11) is 0. The molecule has 2 rings (SSSR count). The molecule has 0 radical (unpaired) electrons. The Bertz CT molecular complexity index is 667. The summed E-state index contributed by atoms with van der Waals surface area (Å²) in [6.07, 6.45) is 1.52. The Morgan fingerprint density at radius 3 is 2.41 bits per heavy atom. The van der Waals surface area contributed by atoms with Crippen molar-refractivity contribution in [3.63, 3.8) is 0 Å². The van der Waals surface area contributed by atoms with E-state index in [0.29, 0.717) is 11.3 Å². The maximum absolute atomic E-state index is 11.6. The summed E-state index contributed by atoms with van der Waals surface area (Å²) in [5.41, 5.74) is 6.93. The van der Waals surface area contributed by atoms with Crippen molar-refractivity contribution in [2.75, 3.05) is 11.9 Å². The van der Waals surface area contributed by atoms with Gasteiger partial charge in [0.25, 0.3) is 5.91 Å². The lowest BCUT2D eigenvalue weighted by Gasteiger charge is -2.04. The number of oxime groups is 1. The number of rotatable bonds is 6. The third-order valence-electron chi connectivity index (χ3n) is 2.72. The quantitative estimate of drug-likeness (QED) is 0.628. The van der Waals surface area contributed by atoms with Crippen LogP contribution in [0.5, 0.6) is 0 Å². The first-order chi connectivity index (χ1) is 10.6. The molecule has 0 aliphatic carbocycles. The molecule has 0 atom stereocenters. The van der Waals surface area contributed by atoms with Crippen molar-refractivity contribution in [2.24, 2.45) is 10.9 Å². The predicted molar refractivity (Wildman–Crippen MR) is 83.6 cm³/mol. The van der Waals surface area contributed by atoms with Crippen molar-refractivity contribution in [3.05, 3.63) is 65.7 Å². The van der Waals surface area contributed by atoms with Crippen LogP contribution in [-0.2, 0) is 9.63 Å². The van der Waals surface area contributed by atoms with E-state index in [1.807, 2.05) is 30.3 Å². The van der Waals surface area contributed by atoms with Crippen LogP contribution >= 0.6 is 0 Å². The molecule has 22 heavy (non-hydrogen) atoms. The Morgan fingerprint density at radius 1 is 1.09 bits per heavy atom. The number of nitrogens with zero attached hydrogens (tertiary/aromatic N) is 1. The SMILES string of the molecule is NC(=O)c1ccc(NC(=O)CO/N=C\c2ccccc2)cc1. The molecular weight excluding hydrogens is 282 g/mol. The van der Waals surface area contributed by atoms with Gasteiger partial charge in [0.15, 0.2) is 6.61 Å². The minimum atomic E-state index is -0.517. The number of hydrogen-bond donors (Lipinski definition) is 2. The number of carbonyl (C=O) groups is 2. The zero-order chi connectivity index (χ0) is 15.8. The van der Waals surface area contributed by atoms with E-state index in [1.54, 1.807) is 12.1 Å². The van der Waals surface area contributed by atoms with Crippen LogP contribution in [0.1, 0.15) is 15.9 Å². The Morgan fingerprint density at radius 2 is 1.77 bits per heavy atom. The van der Waals surface area contributed by atoms with Crippen LogP contribution in [0.25, 0.3) is 0 Å². The molecule has 3 N–H and O–H groups in total. The molecule has 0 spiro atoms. The molecule has 2 aromatic rings. The minimum absolute atomic E-state index is 0.207. The summed E-state index contributed by atoms with van der Waals surface area (Å²) in [6.45, 7) is -0.207. The van der Waals surface area contributed by atoms with Crippen LogP contribution in [-0.4, -0.2) is 24.6 Å². The van der Waals surface area contributed by atoms with Crippen LogP contribution in [0.15, 0.2) is 59.8 Å². The van der Waals surface area contributed by atoms with Gasteiger partial charge in [-0.3, -0.25) is 9.59 Å². The molecule has 0 aliphatic heterocycles. The molecule has 0 heterocycles. The smallest absolute Gasteiger partial charge is 0.265 e. The molecule has 0 aliphatic rings. The molecule has 6 nitrogen and oxygen atoms in total. The number of nitrogens with two attached hydrogens (primary N) is 1. The van der Waals surface area contributed by atoms with Gasteiger partial charge in [-0.2, -0.15) is 0 Å². The van der Waals surface area contributed by atoms with Gasteiger partial charge in [0.1, 0.15) is 0 Å². The van der Waals surface area contributed by atoms with Gasteiger partial charge >= 0.3 is 0 Å². The molecule has 0 fully saturated rings. The predicted octanol–water partition coefficient (Wildman–Crippen LogP) is 1.77. The first-order valence-corrected chi connectivity index (χ1v) is 6.55. The summed E-state index contributed by atoms with van der Waals surface area (Å²) in [5.74, 6) is -0.867. The van der Waals surface area contributed by atoms with Crippen molar-refractivity contribution < 1.29 is 14.4 Å². The summed E-state index contributed by atoms with van der Waals surface area (Å²) in [6, 6.07) is 15.6. The van der Waals surface area contributed by atoms with Gasteiger partial charge < -0.3 is 15.9 Å². The number of primary amides is 1. The lowest BCUT2D eigenvalue weighted by atomic mass is 10.2. The van der Waals surface area contributed by atoms with E-state index in [2.05, 4.69) is 10.5 Å². The standard InChI is InChI=1S/C16H15N3O3/c17-16(21)13-6-8-14(9-7-13)19-15(20)11-22-18-10-12-4-2-1-3-5-12/h1-10H,11H2,(H2,17,21)(H,19,20)/b18-10-. The lowest BCUT2D eigenvalue weighted by molar-refractivity contribution is -0.120. The van der Waals surface area contributed by atoms with E-state index >= 15 is 0 Å².